The molecule has 1 unspecified atom stereocenters. The molecule has 0 heterocycles. The van der Waals surface area contributed by atoms with Gasteiger partial charge in [0.1, 0.15) is 5.75 Å². The fourth-order valence-electron chi connectivity index (χ4n) is 1.88. The largest absolute Gasteiger partial charge is 0.491 e. The maximum atomic E-state index is 8.91. The van der Waals surface area contributed by atoms with Gasteiger partial charge in [-0.3, -0.25) is 0 Å². The van der Waals surface area contributed by atoms with Gasteiger partial charge in [0.05, 0.1) is 12.7 Å². The molecule has 1 atom stereocenters. The molecule has 0 radical (unpaired) electrons. The van der Waals surface area contributed by atoms with Gasteiger partial charge in [0.25, 0.3) is 0 Å². The number of hydrogen-bond acceptors (Lipinski definition) is 4. The highest BCUT2D eigenvalue weighted by molar-refractivity contribution is 5.27. The van der Waals surface area contributed by atoms with Crippen molar-refractivity contribution in [1.29, 1.82) is 0 Å². The Labute approximate surface area is 116 Å². The van der Waals surface area contributed by atoms with Crippen LogP contribution in [0, 0.1) is 0 Å². The molecule has 0 saturated heterocycles. The minimum atomic E-state index is -0.160. The summed E-state index contributed by atoms with van der Waals surface area (Å²) in [7, 11) is 2.02. The van der Waals surface area contributed by atoms with Crippen molar-refractivity contribution in [1.82, 2.24) is 4.90 Å². The van der Waals surface area contributed by atoms with E-state index < -0.39 is 0 Å². The number of ether oxygens (including phenoxy) is 1. The summed E-state index contributed by atoms with van der Waals surface area (Å²) >= 11 is 0. The number of likely N-dealkylation sites (N-methyl/N-ethyl adjacent to an activating group) is 1. The molecule has 0 aliphatic carbocycles. The van der Waals surface area contributed by atoms with Crippen molar-refractivity contribution >= 4 is 0 Å². The number of nitrogens with two attached hydrogens (primary N) is 1. The van der Waals surface area contributed by atoms with Crippen LogP contribution in [0.15, 0.2) is 24.3 Å². The van der Waals surface area contributed by atoms with Crippen LogP contribution in [0.3, 0.4) is 0 Å². The first-order valence-corrected chi connectivity index (χ1v) is 6.82. The number of benzene rings is 1. The van der Waals surface area contributed by atoms with Crippen molar-refractivity contribution in [2.24, 2.45) is 5.73 Å². The van der Waals surface area contributed by atoms with Crippen LogP contribution < -0.4 is 10.5 Å². The van der Waals surface area contributed by atoms with E-state index >= 15 is 0 Å². The highest BCUT2D eigenvalue weighted by atomic mass is 16.5. The third kappa shape index (κ3) is 6.57. The van der Waals surface area contributed by atoms with Crippen molar-refractivity contribution in [3.05, 3.63) is 29.8 Å². The van der Waals surface area contributed by atoms with Crippen molar-refractivity contribution in [2.45, 2.75) is 32.4 Å². The summed E-state index contributed by atoms with van der Waals surface area (Å²) in [5.41, 5.74) is 6.98. The third-order valence-corrected chi connectivity index (χ3v) is 2.86. The molecule has 0 aliphatic heterocycles. The molecular weight excluding hydrogens is 240 g/mol. The Hall–Kier alpha value is -1.10. The van der Waals surface area contributed by atoms with Crippen molar-refractivity contribution in [3.63, 3.8) is 0 Å². The fraction of sp³-hybridized carbons (Fsp3) is 0.600. The van der Waals surface area contributed by atoms with Gasteiger partial charge in [0.2, 0.25) is 0 Å². The topological polar surface area (TPSA) is 58.7 Å². The number of nitrogens with zero attached hydrogens (tertiary/aromatic N) is 1. The normalized spacial score (nSPS) is 13.0. The van der Waals surface area contributed by atoms with E-state index in [0.29, 0.717) is 6.54 Å². The van der Waals surface area contributed by atoms with Gasteiger partial charge < -0.3 is 20.5 Å². The lowest BCUT2D eigenvalue weighted by molar-refractivity contribution is 0.222. The van der Waals surface area contributed by atoms with Crippen molar-refractivity contribution in [3.8, 4) is 5.75 Å². The molecular formula is C15H26N2O2. The van der Waals surface area contributed by atoms with Gasteiger partial charge in [0.15, 0.2) is 0 Å². The molecule has 0 saturated carbocycles. The Morgan fingerprint density at radius 1 is 1.26 bits per heavy atom. The molecule has 108 valence electrons. The Morgan fingerprint density at radius 2 is 1.89 bits per heavy atom. The molecule has 0 spiro atoms. The van der Waals surface area contributed by atoms with Crippen LogP contribution in [-0.2, 0) is 6.42 Å². The molecule has 1 rings (SSSR count). The Balaban J connectivity index is 2.37. The maximum absolute atomic E-state index is 8.91. The van der Waals surface area contributed by atoms with Crippen LogP contribution >= 0.6 is 0 Å². The molecule has 1 aromatic rings. The van der Waals surface area contributed by atoms with Crippen molar-refractivity contribution in [2.75, 3.05) is 26.7 Å². The van der Waals surface area contributed by atoms with Crippen LogP contribution in [0.5, 0.6) is 5.75 Å². The van der Waals surface area contributed by atoms with E-state index in [9.17, 15) is 0 Å². The van der Waals surface area contributed by atoms with Gasteiger partial charge in [-0.2, -0.15) is 0 Å². The van der Waals surface area contributed by atoms with Crippen molar-refractivity contribution < 1.29 is 9.84 Å². The third-order valence-electron chi connectivity index (χ3n) is 2.86. The van der Waals surface area contributed by atoms with Crippen LogP contribution in [-0.4, -0.2) is 48.9 Å². The predicted molar refractivity (Wildman–Crippen MR) is 78.5 cm³/mol. The molecule has 1 aromatic carbocycles. The molecule has 0 amide bonds. The molecule has 0 bridgehead atoms. The summed E-state index contributed by atoms with van der Waals surface area (Å²) < 4.78 is 5.61. The SMILES string of the molecule is CC(C)Oc1ccc(CCN(C)CC(N)CO)cc1. The predicted octanol–water partition coefficient (Wildman–Crippen LogP) is 1.27. The molecule has 4 nitrogen and oxygen atoms in total. The Kier molecular flexibility index (Phi) is 6.84. The van der Waals surface area contributed by atoms with Crippen LogP contribution in [0.1, 0.15) is 19.4 Å². The lowest BCUT2D eigenvalue weighted by Crippen LogP contribution is -2.38. The van der Waals surface area contributed by atoms with Gasteiger partial charge in [-0.05, 0) is 45.0 Å². The minimum absolute atomic E-state index is 0.0333. The monoisotopic (exact) mass is 266 g/mol. The first kappa shape index (κ1) is 16.0. The number of rotatable bonds is 8. The average Bonchev–Trinajstić information content (AvgIpc) is 2.37. The highest BCUT2D eigenvalue weighted by Crippen LogP contribution is 2.14. The van der Waals surface area contributed by atoms with E-state index in [0.717, 1.165) is 18.7 Å². The van der Waals surface area contributed by atoms with Gasteiger partial charge in [-0.25, -0.2) is 0 Å². The van der Waals surface area contributed by atoms with E-state index in [-0.39, 0.29) is 18.8 Å². The van der Waals surface area contributed by atoms with Gasteiger partial charge >= 0.3 is 0 Å². The Bertz CT molecular complexity index is 352. The average molecular weight is 266 g/mol. The quantitative estimate of drug-likeness (QED) is 0.744. The zero-order chi connectivity index (χ0) is 14.3. The van der Waals surface area contributed by atoms with E-state index in [1.54, 1.807) is 0 Å². The van der Waals surface area contributed by atoms with E-state index in [1.165, 1.54) is 5.56 Å². The zero-order valence-corrected chi connectivity index (χ0v) is 12.2. The molecule has 3 N–H and O–H groups in total. The lowest BCUT2D eigenvalue weighted by atomic mass is 10.1. The minimum Gasteiger partial charge on any atom is -0.491 e. The number of aliphatic hydroxyl groups excluding tert-OH is 1. The summed E-state index contributed by atoms with van der Waals surface area (Å²) in [4.78, 5) is 2.14. The smallest absolute Gasteiger partial charge is 0.119 e. The fourth-order valence-corrected chi connectivity index (χ4v) is 1.88. The van der Waals surface area contributed by atoms with E-state index in [1.807, 2.05) is 33.0 Å². The first-order chi connectivity index (χ1) is 9.01. The second-order valence-corrected chi connectivity index (χ2v) is 5.27. The molecule has 0 aliphatic rings. The summed E-state index contributed by atoms with van der Waals surface area (Å²) in [6.45, 7) is 5.72. The summed E-state index contributed by atoms with van der Waals surface area (Å²) in [5, 5.41) is 8.91. The Morgan fingerprint density at radius 3 is 2.42 bits per heavy atom. The molecule has 19 heavy (non-hydrogen) atoms. The summed E-state index contributed by atoms with van der Waals surface area (Å²) in [6.07, 6.45) is 1.17. The van der Waals surface area contributed by atoms with Crippen LogP contribution in [0.25, 0.3) is 0 Å². The second kappa shape index (κ2) is 8.15. The van der Waals surface area contributed by atoms with Gasteiger partial charge in [-0.1, -0.05) is 12.1 Å². The summed E-state index contributed by atoms with van der Waals surface area (Å²) in [6, 6.07) is 8.05. The summed E-state index contributed by atoms with van der Waals surface area (Å²) in [5.74, 6) is 0.911. The highest BCUT2D eigenvalue weighted by Gasteiger charge is 2.05. The zero-order valence-electron chi connectivity index (χ0n) is 12.2. The van der Waals surface area contributed by atoms with Crippen LogP contribution in [0.2, 0.25) is 0 Å². The standard InChI is InChI=1S/C15H26N2O2/c1-12(2)19-15-6-4-13(5-7-15)8-9-17(3)10-14(16)11-18/h4-7,12,14,18H,8-11,16H2,1-3H3. The molecule has 4 heteroatoms. The maximum Gasteiger partial charge on any atom is 0.119 e. The number of aliphatic hydroxyl groups is 1. The first-order valence-electron chi connectivity index (χ1n) is 6.82. The van der Waals surface area contributed by atoms with E-state index in [4.69, 9.17) is 15.6 Å². The molecule has 0 fully saturated rings. The number of hydrogen-bond donors (Lipinski definition) is 2. The lowest BCUT2D eigenvalue weighted by Gasteiger charge is -2.19. The molecule has 0 aromatic heterocycles. The van der Waals surface area contributed by atoms with E-state index in [2.05, 4.69) is 17.0 Å². The van der Waals surface area contributed by atoms with Crippen LogP contribution in [0.4, 0.5) is 0 Å². The second-order valence-electron chi connectivity index (χ2n) is 5.27. The van der Waals surface area contributed by atoms with Gasteiger partial charge in [-0.15, -0.1) is 0 Å². The van der Waals surface area contributed by atoms with Gasteiger partial charge in [0, 0.05) is 19.1 Å².